The van der Waals surface area contributed by atoms with Gasteiger partial charge in [0.25, 0.3) is 5.91 Å². The fourth-order valence-corrected chi connectivity index (χ4v) is 2.83. The molecule has 0 aromatic heterocycles. The van der Waals surface area contributed by atoms with E-state index in [9.17, 15) is 9.90 Å². The molecule has 0 unspecified atom stereocenters. The highest BCUT2D eigenvalue weighted by atomic mass is 16.3. The van der Waals surface area contributed by atoms with Crippen LogP contribution in [0, 0.1) is 0 Å². The normalized spacial score (nSPS) is 11.6. The highest BCUT2D eigenvalue weighted by molar-refractivity contribution is 5.93. The SMILES string of the molecule is CN(C)C(=O)c1ccc(CN(Cc2ccccc2)CC(C)(C)O)cc1. The standard InChI is InChI=1S/C21H28N2O2/c1-21(2,25)16-23(14-17-8-6-5-7-9-17)15-18-10-12-19(13-11-18)20(24)22(3)4/h5-13,25H,14-16H2,1-4H3. The van der Waals surface area contributed by atoms with Crippen molar-refractivity contribution in [1.29, 1.82) is 0 Å². The van der Waals surface area contributed by atoms with E-state index in [1.165, 1.54) is 5.56 Å². The van der Waals surface area contributed by atoms with Crippen molar-refractivity contribution in [1.82, 2.24) is 9.80 Å². The van der Waals surface area contributed by atoms with Gasteiger partial charge in [0.15, 0.2) is 0 Å². The van der Waals surface area contributed by atoms with Gasteiger partial charge in [-0.15, -0.1) is 0 Å². The van der Waals surface area contributed by atoms with Crippen LogP contribution < -0.4 is 0 Å². The van der Waals surface area contributed by atoms with Crippen molar-refractivity contribution in [3.05, 3.63) is 71.3 Å². The molecule has 0 saturated heterocycles. The highest BCUT2D eigenvalue weighted by Gasteiger charge is 2.19. The first-order valence-corrected chi connectivity index (χ1v) is 8.54. The molecule has 0 radical (unpaired) electrons. The molecule has 0 atom stereocenters. The molecular weight excluding hydrogens is 312 g/mol. The maximum absolute atomic E-state index is 12.0. The zero-order valence-corrected chi connectivity index (χ0v) is 15.6. The second-order valence-electron chi connectivity index (χ2n) is 7.34. The van der Waals surface area contributed by atoms with Crippen molar-refractivity contribution in [3.8, 4) is 0 Å². The summed E-state index contributed by atoms with van der Waals surface area (Å²) in [5.41, 5.74) is 2.25. The van der Waals surface area contributed by atoms with Gasteiger partial charge in [0.1, 0.15) is 0 Å². The Morgan fingerprint density at radius 3 is 1.92 bits per heavy atom. The smallest absolute Gasteiger partial charge is 0.253 e. The van der Waals surface area contributed by atoms with E-state index in [2.05, 4.69) is 17.0 Å². The molecule has 0 aliphatic carbocycles. The number of amides is 1. The van der Waals surface area contributed by atoms with E-state index in [1.807, 2.05) is 56.3 Å². The van der Waals surface area contributed by atoms with Crippen LogP contribution in [0.1, 0.15) is 35.3 Å². The lowest BCUT2D eigenvalue weighted by Gasteiger charge is -2.29. The van der Waals surface area contributed by atoms with E-state index < -0.39 is 5.60 Å². The Morgan fingerprint density at radius 2 is 1.44 bits per heavy atom. The van der Waals surface area contributed by atoms with E-state index in [1.54, 1.807) is 19.0 Å². The number of carbonyl (C=O) groups excluding carboxylic acids is 1. The minimum atomic E-state index is -0.768. The van der Waals surface area contributed by atoms with Gasteiger partial charge in [0.2, 0.25) is 0 Å². The molecule has 0 aliphatic rings. The van der Waals surface area contributed by atoms with E-state index >= 15 is 0 Å². The number of nitrogens with zero attached hydrogens (tertiary/aromatic N) is 2. The second-order valence-corrected chi connectivity index (χ2v) is 7.34. The van der Waals surface area contributed by atoms with Crippen molar-refractivity contribution in [3.63, 3.8) is 0 Å². The van der Waals surface area contributed by atoms with Crippen molar-refractivity contribution in [2.24, 2.45) is 0 Å². The van der Waals surface area contributed by atoms with E-state index in [0.29, 0.717) is 12.1 Å². The van der Waals surface area contributed by atoms with Crippen LogP contribution in [0.5, 0.6) is 0 Å². The minimum Gasteiger partial charge on any atom is -0.389 e. The van der Waals surface area contributed by atoms with E-state index in [4.69, 9.17) is 0 Å². The zero-order valence-electron chi connectivity index (χ0n) is 15.6. The maximum atomic E-state index is 12.0. The maximum Gasteiger partial charge on any atom is 0.253 e. The molecule has 2 aromatic carbocycles. The van der Waals surface area contributed by atoms with Crippen LogP contribution in [0.15, 0.2) is 54.6 Å². The molecular formula is C21H28N2O2. The van der Waals surface area contributed by atoms with Crippen LogP contribution in [-0.2, 0) is 13.1 Å². The van der Waals surface area contributed by atoms with Crippen LogP contribution in [0.25, 0.3) is 0 Å². The fraction of sp³-hybridized carbons (Fsp3) is 0.381. The molecule has 0 aliphatic heterocycles. The lowest BCUT2D eigenvalue weighted by atomic mass is 10.1. The lowest BCUT2D eigenvalue weighted by molar-refractivity contribution is 0.0307. The molecule has 0 bridgehead atoms. The van der Waals surface area contributed by atoms with Gasteiger partial charge < -0.3 is 10.0 Å². The van der Waals surface area contributed by atoms with Gasteiger partial charge >= 0.3 is 0 Å². The summed E-state index contributed by atoms with van der Waals surface area (Å²) in [6.07, 6.45) is 0. The first-order chi connectivity index (χ1) is 11.7. The third kappa shape index (κ3) is 6.33. The number of hydrogen-bond donors (Lipinski definition) is 1. The number of hydrogen-bond acceptors (Lipinski definition) is 3. The van der Waals surface area contributed by atoms with Gasteiger partial charge in [0, 0.05) is 39.3 Å². The molecule has 0 spiro atoms. The topological polar surface area (TPSA) is 43.8 Å². The Kier molecular flexibility index (Phi) is 6.34. The van der Waals surface area contributed by atoms with Gasteiger partial charge in [-0.2, -0.15) is 0 Å². The van der Waals surface area contributed by atoms with Crippen molar-refractivity contribution >= 4 is 5.91 Å². The van der Waals surface area contributed by atoms with Crippen LogP contribution >= 0.6 is 0 Å². The van der Waals surface area contributed by atoms with Crippen molar-refractivity contribution in [2.45, 2.75) is 32.5 Å². The summed E-state index contributed by atoms with van der Waals surface area (Å²) < 4.78 is 0. The van der Waals surface area contributed by atoms with Crippen LogP contribution in [-0.4, -0.2) is 47.1 Å². The average Bonchev–Trinajstić information content (AvgIpc) is 2.54. The molecule has 0 fully saturated rings. The predicted octanol–water partition coefficient (Wildman–Crippen LogP) is 3.16. The number of benzene rings is 2. The predicted molar refractivity (Wildman–Crippen MR) is 101 cm³/mol. The summed E-state index contributed by atoms with van der Waals surface area (Å²) in [5.74, 6) is 0.00387. The highest BCUT2D eigenvalue weighted by Crippen LogP contribution is 2.15. The Bertz CT molecular complexity index is 673. The Hall–Kier alpha value is -2.17. The van der Waals surface area contributed by atoms with Crippen LogP contribution in [0.4, 0.5) is 0 Å². The summed E-state index contributed by atoms with van der Waals surface area (Å²) >= 11 is 0. The quantitative estimate of drug-likeness (QED) is 0.842. The molecule has 1 amide bonds. The summed E-state index contributed by atoms with van der Waals surface area (Å²) in [4.78, 5) is 15.8. The fourth-order valence-electron chi connectivity index (χ4n) is 2.83. The summed E-state index contributed by atoms with van der Waals surface area (Å²) in [6.45, 7) is 5.70. The van der Waals surface area contributed by atoms with Crippen LogP contribution in [0.2, 0.25) is 0 Å². The monoisotopic (exact) mass is 340 g/mol. The van der Waals surface area contributed by atoms with Gasteiger partial charge in [-0.25, -0.2) is 0 Å². The Morgan fingerprint density at radius 1 is 0.920 bits per heavy atom. The number of rotatable bonds is 7. The van der Waals surface area contributed by atoms with Gasteiger partial charge in [-0.1, -0.05) is 42.5 Å². The van der Waals surface area contributed by atoms with E-state index in [-0.39, 0.29) is 5.91 Å². The minimum absolute atomic E-state index is 0.00387. The van der Waals surface area contributed by atoms with Gasteiger partial charge in [-0.05, 0) is 37.1 Å². The molecule has 4 heteroatoms. The molecule has 1 N–H and O–H groups in total. The third-order valence-corrected chi connectivity index (χ3v) is 3.87. The number of aliphatic hydroxyl groups is 1. The largest absolute Gasteiger partial charge is 0.389 e. The second kappa shape index (κ2) is 8.28. The van der Waals surface area contributed by atoms with Crippen molar-refractivity contribution < 1.29 is 9.90 Å². The molecule has 0 heterocycles. The third-order valence-electron chi connectivity index (χ3n) is 3.87. The average molecular weight is 340 g/mol. The Balaban J connectivity index is 2.11. The summed E-state index contributed by atoms with van der Waals surface area (Å²) in [5, 5.41) is 10.2. The molecule has 2 rings (SSSR count). The molecule has 4 nitrogen and oxygen atoms in total. The first kappa shape index (κ1) is 19.2. The first-order valence-electron chi connectivity index (χ1n) is 8.54. The van der Waals surface area contributed by atoms with Gasteiger partial charge in [0.05, 0.1) is 5.60 Å². The number of carbonyl (C=O) groups is 1. The Labute approximate surface area is 150 Å². The lowest BCUT2D eigenvalue weighted by Crippen LogP contribution is -2.37. The van der Waals surface area contributed by atoms with Crippen LogP contribution in [0.3, 0.4) is 0 Å². The summed E-state index contributed by atoms with van der Waals surface area (Å²) in [7, 11) is 3.50. The van der Waals surface area contributed by atoms with Gasteiger partial charge in [-0.3, -0.25) is 9.69 Å². The molecule has 2 aromatic rings. The molecule has 134 valence electrons. The summed E-state index contributed by atoms with van der Waals surface area (Å²) in [6, 6.07) is 17.9. The van der Waals surface area contributed by atoms with Crippen molar-refractivity contribution in [2.75, 3.05) is 20.6 Å². The zero-order chi connectivity index (χ0) is 18.4. The van der Waals surface area contributed by atoms with E-state index in [0.717, 1.165) is 18.7 Å². The molecule has 25 heavy (non-hydrogen) atoms. The molecule has 0 saturated carbocycles.